The summed E-state index contributed by atoms with van der Waals surface area (Å²) in [7, 11) is 0. The molecule has 0 bridgehead atoms. The molecule has 2 rings (SSSR count). The van der Waals surface area contributed by atoms with Crippen LogP contribution in [0.2, 0.25) is 0 Å². The van der Waals surface area contributed by atoms with Crippen LogP contribution < -0.4 is 10.6 Å². The second-order valence-electron chi connectivity index (χ2n) is 3.81. The Labute approximate surface area is 109 Å². The summed E-state index contributed by atoms with van der Waals surface area (Å²) in [6.07, 6.45) is 6.23. The Morgan fingerprint density at radius 2 is 2.19 bits per heavy atom. The fourth-order valence-electron chi connectivity index (χ4n) is 1.93. The number of hydrogen-bond donors (Lipinski definition) is 1. The van der Waals surface area contributed by atoms with E-state index < -0.39 is 0 Å². The zero-order chi connectivity index (χ0) is 10.7. The third-order valence-electron chi connectivity index (χ3n) is 2.87. The molecule has 0 radical (unpaired) electrons. The van der Waals surface area contributed by atoms with Crippen molar-refractivity contribution in [1.82, 2.24) is 4.98 Å². The van der Waals surface area contributed by atoms with Gasteiger partial charge in [0.1, 0.15) is 0 Å². The van der Waals surface area contributed by atoms with E-state index in [9.17, 15) is 4.79 Å². The molecule has 5 heteroatoms. The number of pyridine rings is 1. The summed E-state index contributed by atoms with van der Waals surface area (Å²) >= 11 is 0. The maximum absolute atomic E-state index is 11.0. The average molecular weight is 388 g/mol. The monoisotopic (exact) mass is 388 g/mol. The van der Waals surface area contributed by atoms with Crippen LogP contribution in [0.25, 0.3) is 0 Å². The molecule has 1 amide bonds. The topological polar surface area (TPSA) is 59.2 Å². The molecule has 16 heavy (non-hydrogen) atoms. The van der Waals surface area contributed by atoms with Gasteiger partial charge in [0, 0.05) is 40.1 Å². The van der Waals surface area contributed by atoms with Crippen LogP contribution in [0.1, 0.15) is 12.8 Å². The summed E-state index contributed by atoms with van der Waals surface area (Å²) in [5, 5.41) is 0. The fourth-order valence-corrected chi connectivity index (χ4v) is 1.93. The first-order valence-electron chi connectivity index (χ1n) is 5.14. The van der Waals surface area contributed by atoms with Crippen LogP contribution in [-0.2, 0) is 25.9 Å². The molecule has 0 spiro atoms. The maximum Gasteiger partial charge on any atom is 0.220 e. The van der Waals surface area contributed by atoms with Gasteiger partial charge in [-0.25, -0.2) is 0 Å². The van der Waals surface area contributed by atoms with Crippen molar-refractivity contribution in [3.05, 3.63) is 24.5 Å². The summed E-state index contributed by atoms with van der Waals surface area (Å²) in [6.45, 7) is 1.76. The SMILES string of the molecule is NC(=O)C1CCN(c2c[c-]ncc2)CC1.[W]. The molecule has 0 unspecified atom stereocenters. The number of piperidine rings is 1. The van der Waals surface area contributed by atoms with Crippen molar-refractivity contribution in [2.75, 3.05) is 18.0 Å². The molecular formula is C11H14N3OW-. The molecule has 0 aliphatic carbocycles. The van der Waals surface area contributed by atoms with Gasteiger partial charge in [0.15, 0.2) is 0 Å². The Morgan fingerprint density at radius 1 is 1.50 bits per heavy atom. The molecule has 0 aromatic carbocycles. The average Bonchev–Trinajstić information content (AvgIpc) is 2.30. The standard InChI is InChI=1S/C11H14N3O.W/c12-11(15)9-3-7-14(8-4-9)10-1-5-13-6-2-10;/h1-2,5,9H,3-4,7-8H2,(H2,12,15);/q-1;. The van der Waals surface area contributed by atoms with E-state index >= 15 is 0 Å². The van der Waals surface area contributed by atoms with Gasteiger partial charge in [-0.15, -0.1) is 12.1 Å². The van der Waals surface area contributed by atoms with Crippen molar-refractivity contribution in [3.8, 4) is 0 Å². The minimum Gasteiger partial charge on any atom is -0.423 e. The number of nitrogens with zero attached hydrogens (tertiary/aromatic N) is 2. The maximum atomic E-state index is 11.0. The van der Waals surface area contributed by atoms with Gasteiger partial charge in [0.2, 0.25) is 5.91 Å². The van der Waals surface area contributed by atoms with Gasteiger partial charge < -0.3 is 15.6 Å². The quantitative estimate of drug-likeness (QED) is 0.755. The number of aromatic nitrogens is 1. The molecule has 1 aliphatic heterocycles. The second kappa shape index (κ2) is 6.00. The number of carbonyl (C=O) groups excluding carboxylic acids is 1. The van der Waals surface area contributed by atoms with Gasteiger partial charge in [-0.2, -0.15) is 0 Å². The van der Waals surface area contributed by atoms with Crippen molar-refractivity contribution < 1.29 is 25.9 Å². The number of anilines is 1. The third kappa shape index (κ3) is 3.05. The number of carbonyl (C=O) groups is 1. The van der Waals surface area contributed by atoms with E-state index in [4.69, 9.17) is 5.73 Å². The van der Waals surface area contributed by atoms with Crippen LogP contribution in [0.5, 0.6) is 0 Å². The zero-order valence-electron chi connectivity index (χ0n) is 8.93. The molecule has 1 fully saturated rings. The van der Waals surface area contributed by atoms with Crippen molar-refractivity contribution in [1.29, 1.82) is 0 Å². The Morgan fingerprint density at radius 3 is 2.69 bits per heavy atom. The Bertz CT molecular complexity index is 336. The van der Waals surface area contributed by atoms with Crippen molar-refractivity contribution >= 4 is 11.6 Å². The summed E-state index contributed by atoms with van der Waals surface area (Å²) in [6, 6.07) is 3.83. The van der Waals surface area contributed by atoms with Gasteiger partial charge in [-0.3, -0.25) is 4.79 Å². The van der Waals surface area contributed by atoms with E-state index in [0.29, 0.717) is 0 Å². The largest absolute Gasteiger partial charge is 0.423 e. The number of nitrogens with two attached hydrogens (primary N) is 1. The predicted octanol–water partition coefficient (Wildman–Crippen LogP) is 0.581. The summed E-state index contributed by atoms with van der Waals surface area (Å²) in [4.78, 5) is 17.1. The number of amides is 1. The van der Waals surface area contributed by atoms with Crippen LogP contribution in [0.4, 0.5) is 5.69 Å². The molecule has 1 aromatic rings. The molecule has 1 aliphatic rings. The first kappa shape index (κ1) is 13.2. The normalized spacial score (nSPS) is 16.6. The van der Waals surface area contributed by atoms with E-state index in [1.165, 1.54) is 0 Å². The van der Waals surface area contributed by atoms with Crippen molar-refractivity contribution in [3.63, 3.8) is 0 Å². The van der Waals surface area contributed by atoms with Crippen molar-refractivity contribution in [2.24, 2.45) is 11.7 Å². The van der Waals surface area contributed by atoms with Crippen molar-refractivity contribution in [2.45, 2.75) is 12.8 Å². The predicted molar refractivity (Wildman–Crippen MR) is 57.2 cm³/mol. The fraction of sp³-hybridized carbons (Fsp3) is 0.455. The third-order valence-corrected chi connectivity index (χ3v) is 2.87. The first-order chi connectivity index (χ1) is 7.27. The molecule has 86 valence electrons. The van der Waals surface area contributed by atoms with Crippen LogP contribution >= 0.6 is 0 Å². The van der Waals surface area contributed by atoms with Gasteiger partial charge in [0.25, 0.3) is 0 Å². The van der Waals surface area contributed by atoms with Crippen LogP contribution in [-0.4, -0.2) is 24.0 Å². The van der Waals surface area contributed by atoms with E-state index in [1.807, 2.05) is 12.1 Å². The van der Waals surface area contributed by atoms with Gasteiger partial charge >= 0.3 is 0 Å². The van der Waals surface area contributed by atoms with E-state index in [2.05, 4.69) is 16.1 Å². The molecule has 0 saturated carbocycles. The van der Waals surface area contributed by atoms with Gasteiger partial charge in [-0.1, -0.05) is 18.1 Å². The number of primary amides is 1. The molecule has 0 atom stereocenters. The second-order valence-corrected chi connectivity index (χ2v) is 3.81. The van der Waals surface area contributed by atoms with Gasteiger partial charge in [0.05, 0.1) is 0 Å². The molecule has 2 heterocycles. The van der Waals surface area contributed by atoms with Crippen LogP contribution in [0, 0.1) is 12.1 Å². The van der Waals surface area contributed by atoms with Crippen LogP contribution in [0.3, 0.4) is 0 Å². The number of hydrogen-bond acceptors (Lipinski definition) is 3. The smallest absolute Gasteiger partial charge is 0.220 e. The number of rotatable bonds is 2. The molecule has 1 aromatic heterocycles. The first-order valence-corrected chi connectivity index (χ1v) is 5.14. The summed E-state index contributed by atoms with van der Waals surface area (Å²) in [5.41, 5.74) is 6.40. The van der Waals surface area contributed by atoms with E-state index in [0.717, 1.165) is 31.6 Å². The Hall–Kier alpha value is -0.892. The minimum absolute atomic E-state index is 0. The Balaban J connectivity index is 0.00000128. The molecule has 2 N–H and O–H groups in total. The summed E-state index contributed by atoms with van der Waals surface area (Å²) in [5.74, 6) is -0.122. The molecule has 4 nitrogen and oxygen atoms in total. The summed E-state index contributed by atoms with van der Waals surface area (Å²) < 4.78 is 0. The molecular weight excluding hydrogens is 374 g/mol. The molecule has 1 saturated heterocycles. The Kier molecular flexibility index (Phi) is 4.94. The minimum atomic E-state index is -0.170. The van der Waals surface area contributed by atoms with Crippen LogP contribution in [0.15, 0.2) is 18.3 Å². The van der Waals surface area contributed by atoms with E-state index in [1.54, 1.807) is 6.20 Å². The van der Waals surface area contributed by atoms with Gasteiger partial charge in [-0.05, 0) is 12.8 Å². The van der Waals surface area contributed by atoms with E-state index in [-0.39, 0.29) is 32.9 Å². The zero-order valence-corrected chi connectivity index (χ0v) is 11.9.